The van der Waals surface area contributed by atoms with Gasteiger partial charge in [0.05, 0.1) is 0 Å². The monoisotopic (exact) mass is 243 g/mol. The summed E-state index contributed by atoms with van der Waals surface area (Å²) in [6.07, 6.45) is 2.91. The summed E-state index contributed by atoms with van der Waals surface area (Å²) in [7, 11) is 0. The second-order valence-corrected chi connectivity index (χ2v) is 4.41. The largest absolute Gasteiger partial charge is 0.314 e. The lowest BCUT2D eigenvalue weighted by Gasteiger charge is -2.17. The highest BCUT2D eigenvalue weighted by molar-refractivity contribution is 6.31. The van der Waals surface area contributed by atoms with Crippen LogP contribution < -0.4 is 5.32 Å². The first-order valence-corrected chi connectivity index (χ1v) is 6.22. The molecule has 0 heterocycles. The average Bonchev–Trinajstić information content (AvgIpc) is 2.28. The van der Waals surface area contributed by atoms with E-state index in [9.17, 15) is 4.39 Å². The highest BCUT2D eigenvalue weighted by atomic mass is 35.5. The van der Waals surface area contributed by atoms with E-state index in [1.165, 1.54) is 12.1 Å². The third kappa shape index (κ3) is 4.11. The zero-order valence-electron chi connectivity index (χ0n) is 9.89. The Kier molecular flexibility index (Phi) is 5.78. The van der Waals surface area contributed by atoms with Crippen LogP contribution in [0.2, 0.25) is 5.02 Å². The van der Waals surface area contributed by atoms with Gasteiger partial charge in [-0.3, -0.25) is 0 Å². The summed E-state index contributed by atoms with van der Waals surface area (Å²) in [5, 5.41) is 4.08. The maximum atomic E-state index is 13.1. The van der Waals surface area contributed by atoms with Crippen molar-refractivity contribution < 1.29 is 4.39 Å². The predicted molar refractivity (Wildman–Crippen MR) is 67.5 cm³/mol. The Morgan fingerprint density at radius 3 is 2.75 bits per heavy atom. The molecule has 0 amide bonds. The van der Waals surface area contributed by atoms with Crippen molar-refractivity contribution in [2.75, 3.05) is 6.54 Å². The third-order valence-corrected chi connectivity index (χ3v) is 3.02. The fourth-order valence-corrected chi connectivity index (χ4v) is 1.87. The van der Waals surface area contributed by atoms with Gasteiger partial charge in [-0.05, 0) is 49.6 Å². The van der Waals surface area contributed by atoms with E-state index in [0.29, 0.717) is 11.1 Å². The highest BCUT2D eigenvalue weighted by Crippen LogP contribution is 2.19. The van der Waals surface area contributed by atoms with Crippen molar-refractivity contribution in [1.82, 2.24) is 5.32 Å². The molecule has 0 aliphatic carbocycles. The van der Waals surface area contributed by atoms with E-state index < -0.39 is 0 Å². The van der Waals surface area contributed by atoms with E-state index in [0.717, 1.165) is 31.4 Å². The van der Waals surface area contributed by atoms with Crippen LogP contribution in [0, 0.1) is 5.82 Å². The Hall–Kier alpha value is -0.600. The van der Waals surface area contributed by atoms with Crippen LogP contribution >= 0.6 is 11.6 Å². The lowest BCUT2D eigenvalue weighted by molar-refractivity contribution is 0.493. The highest BCUT2D eigenvalue weighted by Gasteiger charge is 2.09. The molecular weight excluding hydrogens is 225 g/mol. The number of nitrogens with one attached hydrogen (secondary N) is 1. The second kappa shape index (κ2) is 6.87. The summed E-state index contributed by atoms with van der Waals surface area (Å²) >= 11 is 6.04. The lowest BCUT2D eigenvalue weighted by atomic mass is 10.0. The topological polar surface area (TPSA) is 12.0 Å². The first-order chi connectivity index (χ1) is 7.67. The van der Waals surface area contributed by atoms with E-state index in [2.05, 4.69) is 19.2 Å². The van der Waals surface area contributed by atoms with Gasteiger partial charge in [-0.15, -0.1) is 0 Å². The van der Waals surface area contributed by atoms with Gasteiger partial charge in [0.15, 0.2) is 0 Å². The fraction of sp³-hybridized carbons (Fsp3) is 0.538. The molecule has 1 atom stereocenters. The number of halogens is 2. The maximum absolute atomic E-state index is 13.1. The second-order valence-electron chi connectivity index (χ2n) is 4.00. The molecule has 0 aromatic heterocycles. The maximum Gasteiger partial charge on any atom is 0.123 e. The van der Waals surface area contributed by atoms with Gasteiger partial charge >= 0.3 is 0 Å². The molecule has 0 aliphatic rings. The molecule has 0 spiro atoms. The Morgan fingerprint density at radius 2 is 2.12 bits per heavy atom. The summed E-state index contributed by atoms with van der Waals surface area (Å²) in [5.41, 5.74) is 0.886. The molecule has 3 heteroatoms. The van der Waals surface area contributed by atoms with Crippen molar-refractivity contribution in [1.29, 1.82) is 0 Å². The summed E-state index contributed by atoms with van der Waals surface area (Å²) in [6, 6.07) is 4.92. The fourth-order valence-electron chi connectivity index (χ4n) is 1.67. The molecule has 0 saturated heterocycles. The van der Waals surface area contributed by atoms with Gasteiger partial charge in [-0.1, -0.05) is 25.4 Å². The van der Waals surface area contributed by atoms with Crippen LogP contribution in [-0.4, -0.2) is 12.6 Å². The molecule has 1 unspecified atom stereocenters. The third-order valence-electron chi connectivity index (χ3n) is 2.65. The first kappa shape index (κ1) is 13.5. The van der Waals surface area contributed by atoms with Crippen LogP contribution in [0.15, 0.2) is 18.2 Å². The minimum absolute atomic E-state index is 0.218. The zero-order chi connectivity index (χ0) is 12.0. The Labute approximate surface area is 102 Å². The number of rotatable bonds is 6. The van der Waals surface area contributed by atoms with Crippen LogP contribution in [0.1, 0.15) is 32.3 Å². The quantitative estimate of drug-likeness (QED) is 0.802. The van der Waals surface area contributed by atoms with Crippen LogP contribution in [-0.2, 0) is 6.42 Å². The average molecular weight is 244 g/mol. The van der Waals surface area contributed by atoms with E-state index in [4.69, 9.17) is 11.6 Å². The first-order valence-electron chi connectivity index (χ1n) is 5.84. The standard InChI is InChI=1S/C13H19ClFN/c1-3-7-16-12(4-2)9-10-8-11(15)5-6-13(10)14/h5-6,8,12,16H,3-4,7,9H2,1-2H3. The molecule has 0 aliphatic heterocycles. The number of hydrogen-bond acceptors (Lipinski definition) is 1. The SMILES string of the molecule is CCCNC(CC)Cc1cc(F)ccc1Cl. The Morgan fingerprint density at radius 1 is 1.38 bits per heavy atom. The molecule has 0 radical (unpaired) electrons. The van der Waals surface area contributed by atoms with Crippen molar-refractivity contribution in [2.45, 2.75) is 39.2 Å². The summed E-state index contributed by atoms with van der Waals surface area (Å²) in [6.45, 7) is 5.25. The van der Waals surface area contributed by atoms with Gasteiger partial charge in [-0.25, -0.2) is 4.39 Å². The van der Waals surface area contributed by atoms with Crippen LogP contribution in [0.4, 0.5) is 4.39 Å². The molecule has 1 aromatic carbocycles. The van der Waals surface area contributed by atoms with E-state index in [1.807, 2.05) is 0 Å². The molecule has 0 saturated carbocycles. The van der Waals surface area contributed by atoms with E-state index >= 15 is 0 Å². The number of benzene rings is 1. The Balaban J connectivity index is 2.65. The molecule has 90 valence electrons. The van der Waals surface area contributed by atoms with Crippen molar-refractivity contribution >= 4 is 11.6 Å². The van der Waals surface area contributed by atoms with E-state index in [-0.39, 0.29) is 5.82 Å². The zero-order valence-corrected chi connectivity index (χ0v) is 10.6. The van der Waals surface area contributed by atoms with Crippen LogP contribution in [0.25, 0.3) is 0 Å². The van der Waals surface area contributed by atoms with Crippen molar-refractivity contribution in [3.63, 3.8) is 0 Å². The molecule has 0 bridgehead atoms. The Bertz CT molecular complexity index is 328. The normalized spacial score (nSPS) is 12.8. The van der Waals surface area contributed by atoms with Crippen molar-refractivity contribution in [3.8, 4) is 0 Å². The minimum atomic E-state index is -0.218. The van der Waals surface area contributed by atoms with Crippen molar-refractivity contribution in [2.24, 2.45) is 0 Å². The van der Waals surface area contributed by atoms with Gasteiger partial charge in [0.1, 0.15) is 5.82 Å². The van der Waals surface area contributed by atoms with Gasteiger partial charge in [0.25, 0.3) is 0 Å². The van der Waals surface area contributed by atoms with Crippen LogP contribution in [0.5, 0.6) is 0 Å². The lowest BCUT2D eigenvalue weighted by Crippen LogP contribution is -2.31. The molecule has 16 heavy (non-hydrogen) atoms. The number of hydrogen-bond donors (Lipinski definition) is 1. The minimum Gasteiger partial charge on any atom is -0.314 e. The predicted octanol–water partition coefficient (Wildman–Crippen LogP) is 3.80. The molecule has 0 fully saturated rings. The van der Waals surface area contributed by atoms with Crippen LogP contribution in [0.3, 0.4) is 0 Å². The summed E-state index contributed by atoms with van der Waals surface area (Å²) < 4.78 is 13.1. The molecule has 1 N–H and O–H groups in total. The molecule has 1 nitrogen and oxygen atoms in total. The molecule has 1 aromatic rings. The molecular formula is C13H19ClFN. The van der Waals surface area contributed by atoms with E-state index in [1.54, 1.807) is 6.07 Å². The summed E-state index contributed by atoms with van der Waals surface area (Å²) in [4.78, 5) is 0. The van der Waals surface area contributed by atoms with Gasteiger partial charge in [0, 0.05) is 11.1 Å². The summed E-state index contributed by atoms with van der Waals surface area (Å²) in [5.74, 6) is -0.218. The smallest absolute Gasteiger partial charge is 0.123 e. The van der Waals surface area contributed by atoms with Gasteiger partial charge < -0.3 is 5.32 Å². The van der Waals surface area contributed by atoms with Crippen molar-refractivity contribution in [3.05, 3.63) is 34.6 Å². The van der Waals surface area contributed by atoms with Gasteiger partial charge in [-0.2, -0.15) is 0 Å². The van der Waals surface area contributed by atoms with Gasteiger partial charge in [0.2, 0.25) is 0 Å². The molecule has 1 rings (SSSR count).